The maximum absolute atomic E-state index is 11.7. The summed E-state index contributed by atoms with van der Waals surface area (Å²) in [7, 11) is 2.10. The lowest BCUT2D eigenvalue weighted by molar-refractivity contribution is -0.127. The summed E-state index contributed by atoms with van der Waals surface area (Å²) < 4.78 is 0. The summed E-state index contributed by atoms with van der Waals surface area (Å²) in [6.45, 7) is 2.89. The molecule has 1 fully saturated rings. The van der Waals surface area contributed by atoms with Crippen LogP contribution in [0.3, 0.4) is 0 Å². The number of hydrogen-bond acceptors (Lipinski definition) is 2. The van der Waals surface area contributed by atoms with Crippen LogP contribution in [0, 0.1) is 5.92 Å². The van der Waals surface area contributed by atoms with E-state index in [1.807, 2.05) is 25.1 Å². The van der Waals surface area contributed by atoms with Crippen LogP contribution in [0.1, 0.15) is 24.9 Å². The molecule has 1 aromatic rings. The van der Waals surface area contributed by atoms with Gasteiger partial charge in [0.1, 0.15) is 5.78 Å². The molecule has 80 valence electrons. The Balaban J connectivity index is 2.20. The summed E-state index contributed by atoms with van der Waals surface area (Å²) in [5, 5.41) is 0. The van der Waals surface area contributed by atoms with Crippen molar-refractivity contribution in [3.05, 3.63) is 35.9 Å². The van der Waals surface area contributed by atoms with E-state index in [1.54, 1.807) is 0 Å². The molecule has 0 bridgehead atoms. The zero-order chi connectivity index (χ0) is 10.8. The van der Waals surface area contributed by atoms with Gasteiger partial charge in [-0.05, 0) is 12.6 Å². The topological polar surface area (TPSA) is 20.3 Å². The Bertz CT molecular complexity index is 347. The number of carbonyl (C=O) groups excluding carboxylic acids is 1. The van der Waals surface area contributed by atoms with Crippen LogP contribution in [0.5, 0.6) is 0 Å². The fourth-order valence-corrected chi connectivity index (χ4v) is 2.26. The maximum Gasteiger partial charge on any atom is 0.138 e. The van der Waals surface area contributed by atoms with Crippen LogP contribution < -0.4 is 0 Å². The number of benzene rings is 1. The Morgan fingerprint density at radius 1 is 1.27 bits per heavy atom. The standard InChI is InChI=1S/C13H17NO/c1-10-9-14(2)12(8-13(10)15)11-6-4-3-5-7-11/h3-7,10,12H,8-9H2,1-2H3. The second kappa shape index (κ2) is 4.15. The van der Waals surface area contributed by atoms with Crippen LogP contribution in [0.25, 0.3) is 0 Å². The van der Waals surface area contributed by atoms with Crippen LogP contribution >= 0.6 is 0 Å². The van der Waals surface area contributed by atoms with Gasteiger partial charge in [0.15, 0.2) is 0 Å². The third-order valence-electron chi connectivity index (χ3n) is 3.22. The maximum atomic E-state index is 11.7. The number of piperidine rings is 1. The van der Waals surface area contributed by atoms with Crippen molar-refractivity contribution in [2.45, 2.75) is 19.4 Å². The lowest BCUT2D eigenvalue weighted by atomic mass is 9.89. The first-order valence-electron chi connectivity index (χ1n) is 5.46. The molecule has 1 aliphatic rings. The van der Waals surface area contributed by atoms with Crippen molar-refractivity contribution in [3.8, 4) is 0 Å². The number of rotatable bonds is 1. The van der Waals surface area contributed by atoms with E-state index in [0.717, 1.165) is 6.54 Å². The van der Waals surface area contributed by atoms with Crippen molar-refractivity contribution in [3.63, 3.8) is 0 Å². The van der Waals surface area contributed by atoms with Gasteiger partial charge in [0.2, 0.25) is 0 Å². The molecular formula is C13H17NO. The molecule has 2 unspecified atom stereocenters. The van der Waals surface area contributed by atoms with E-state index in [9.17, 15) is 4.79 Å². The molecule has 15 heavy (non-hydrogen) atoms. The summed E-state index contributed by atoms with van der Waals surface area (Å²) in [6.07, 6.45) is 0.654. The lowest BCUT2D eigenvalue weighted by Gasteiger charge is -2.35. The normalized spacial score (nSPS) is 28.0. The van der Waals surface area contributed by atoms with E-state index in [2.05, 4.69) is 24.1 Å². The molecule has 0 N–H and O–H groups in total. The minimum absolute atomic E-state index is 0.190. The molecule has 1 aromatic carbocycles. The molecular weight excluding hydrogens is 186 g/mol. The van der Waals surface area contributed by atoms with Crippen LogP contribution in [-0.2, 0) is 4.79 Å². The zero-order valence-corrected chi connectivity index (χ0v) is 9.31. The van der Waals surface area contributed by atoms with Crippen LogP contribution in [-0.4, -0.2) is 24.3 Å². The summed E-state index contributed by atoms with van der Waals surface area (Å²) in [5.74, 6) is 0.580. The van der Waals surface area contributed by atoms with Gasteiger partial charge in [0, 0.05) is 24.9 Å². The Hall–Kier alpha value is -1.15. The van der Waals surface area contributed by atoms with Crippen molar-refractivity contribution >= 4 is 5.78 Å². The molecule has 1 saturated heterocycles. The third kappa shape index (κ3) is 2.10. The summed E-state index contributed by atoms with van der Waals surface area (Å²) >= 11 is 0. The molecule has 0 spiro atoms. The molecule has 0 aromatic heterocycles. The Kier molecular flexibility index (Phi) is 2.87. The first-order chi connectivity index (χ1) is 7.18. The van der Waals surface area contributed by atoms with Crippen molar-refractivity contribution < 1.29 is 4.79 Å². The first-order valence-corrected chi connectivity index (χ1v) is 5.46. The van der Waals surface area contributed by atoms with E-state index in [-0.39, 0.29) is 12.0 Å². The van der Waals surface area contributed by atoms with Gasteiger partial charge in [0.25, 0.3) is 0 Å². The molecule has 0 radical (unpaired) electrons. The van der Waals surface area contributed by atoms with Crippen molar-refractivity contribution in [2.24, 2.45) is 5.92 Å². The predicted molar refractivity (Wildman–Crippen MR) is 60.6 cm³/mol. The zero-order valence-electron chi connectivity index (χ0n) is 9.31. The van der Waals surface area contributed by atoms with E-state index < -0.39 is 0 Å². The molecule has 1 aliphatic heterocycles. The Morgan fingerprint density at radius 3 is 2.60 bits per heavy atom. The fraction of sp³-hybridized carbons (Fsp3) is 0.462. The summed E-state index contributed by atoms with van der Waals surface area (Å²) in [5.41, 5.74) is 1.25. The molecule has 2 nitrogen and oxygen atoms in total. The molecule has 2 atom stereocenters. The van der Waals surface area contributed by atoms with Crippen molar-refractivity contribution in [2.75, 3.05) is 13.6 Å². The smallest absolute Gasteiger partial charge is 0.138 e. The van der Waals surface area contributed by atoms with Crippen molar-refractivity contribution in [1.82, 2.24) is 4.90 Å². The van der Waals surface area contributed by atoms with E-state index in [0.29, 0.717) is 12.2 Å². The monoisotopic (exact) mass is 203 g/mol. The van der Waals surface area contributed by atoms with E-state index in [1.165, 1.54) is 5.56 Å². The molecule has 0 aliphatic carbocycles. The largest absolute Gasteiger partial charge is 0.299 e. The minimum atomic E-state index is 0.190. The molecule has 2 rings (SSSR count). The summed E-state index contributed by atoms with van der Waals surface area (Å²) in [6, 6.07) is 10.6. The molecule has 0 saturated carbocycles. The number of ketones is 1. The number of carbonyl (C=O) groups is 1. The van der Waals surface area contributed by atoms with Gasteiger partial charge in [-0.25, -0.2) is 0 Å². The highest BCUT2D eigenvalue weighted by molar-refractivity contribution is 5.82. The second-order valence-electron chi connectivity index (χ2n) is 4.44. The number of likely N-dealkylation sites (tertiary alicyclic amines) is 1. The Morgan fingerprint density at radius 2 is 1.93 bits per heavy atom. The van der Waals surface area contributed by atoms with Gasteiger partial charge in [-0.3, -0.25) is 9.69 Å². The van der Waals surface area contributed by atoms with Crippen LogP contribution in [0.4, 0.5) is 0 Å². The SMILES string of the molecule is CC1CN(C)C(c2ccccc2)CC1=O. The van der Waals surface area contributed by atoms with Crippen LogP contribution in [0.15, 0.2) is 30.3 Å². The van der Waals surface area contributed by atoms with Gasteiger partial charge >= 0.3 is 0 Å². The quantitative estimate of drug-likeness (QED) is 0.698. The van der Waals surface area contributed by atoms with Gasteiger partial charge in [-0.15, -0.1) is 0 Å². The van der Waals surface area contributed by atoms with E-state index >= 15 is 0 Å². The summed E-state index contributed by atoms with van der Waals surface area (Å²) in [4.78, 5) is 14.0. The highest BCUT2D eigenvalue weighted by Crippen LogP contribution is 2.29. The fourth-order valence-electron chi connectivity index (χ4n) is 2.26. The Labute approximate surface area is 90.9 Å². The highest BCUT2D eigenvalue weighted by atomic mass is 16.1. The van der Waals surface area contributed by atoms with Crippen molar-refractivity contribution in [1.29, 1.82) is 0 Å². The number of Topliss-reactive ketones (excluding diaryl/α,β-unsaturated/α-hetero) is 1. The second-order valence-corrected chi connectivity index (χ2v) is 4.44. The van der Waals surface area contributed by atoms with Gasteiger partial charge in [-0.2, -0.15) is 0 Å². The minimum Gasteiger partial charge on any atom is -0.299 e. The molecule has 2 heteroatoms. The average Bonchev–Trinajstić information content (AvgIpc) is 2.25. The predicted octanol–water partition coefficient (Wildman–Crippen LogP) is 2.27. The van der Waals surface area contributed by atoms with E-state index in [4.69, 9.17) is 0 Å². The number of nitrogens with zero attached hydrogens (tertiary/aromatic N) is 1. The first kappa shape index (κ1) is 10.4. The number of hydrogen-bond donors (Lipinski definition) is 0. The lowest BCUT2D eigenvalue weighted by Crippen LogP contribution is -2.39. The van der Waals surface area contributed by atoms with Crippen LogP contribution in [0.2, 0.25) is 0 Å². The third-order valence-corrected chi connectivity index (χ3v) is 3.22. The van der Waals surface area contributed by atoms with Gasteiger partial charge in [0.05, 0.1) is 0 Å². The highest BCUT2D eigenvalue weighted by Gasteiger charge is 2.30. The molecule has 0 amide bonds. The molecule has 1 heterocycles. The van der Waals surface area contributed by atoms with Gasteiger partial charge in [-0.1, -0.05) is 37.3 Å². The van der Waals surface area contributed by atoms with Gasteiger partial charge < -0.3 is 0 Å². The average molecular weight is 203 g/mol.